The van der Waals surface area contributed by atoms with Gasteiger partial charge in [-0.25, -0.2) is 19.3 Å². The van der Waals surface area contributed by atoms with Crippen LogP contribution in [-0.4, -0.2) is 54.5 Å². The molecule has 1 aromatic carbocycles. The molecular formula is C30H37N7O2. The molecule has 9 heteroatoms. The summed E-state index contributed by atoms with van der Waals surface area (Å²) >= 11 is 0. The Morgan fingerprint density at radius 1 is 1.10 bits per heavy atom. The Bertz CT molecular complexity index is 1520. The topological polar surface area (TPSA) is 101 Å². The van der Waals surface area contributed by atoms with Crippen LogP contribution in [0.1, 0.15) is 56.7 Å². The summed E-state index contributed by atoms with van der Waals surface area (Å²) < 4.78 is 3.18. The van der Waals surface area contributed by atoms with E-state index in [1.54, 1.807) is 49.0 Å². The Hall–Kier alpha value is -3.82. The van der Waals surface area contributed by atoms with Gasteiger partial charge in [-0.2, -0.15) is 4.98 Å². The van der Waals surface area contributed by atoms with Crippen molar-refractivity contribution in [2.75, 3.05) is 19.4 Å². The summed E-state index contributed by atoms with van der Waals surface area (Å²) in [6.07, 6.45) is 8.06. The van der Waals surface area contributed by atoms with Gasteiger partial charge in [0.1, 0.15) is 11.0 Å². The van der Waals surface area contributed by atoms with E-state index in [9.17, 15) is 9.90 Å². The molecule has 39 heavy (non-hydrogen) atoms. The summed E-state index contributed by atoms with van der Waals surface area (Å²) in [5.74, 6) is 1.44. The molecule has 9 nitrogen and oxygen atoms in total. The molecule has 1 fully saturated rings. The molecule has 0 aliphatic heterocycles. The summed E-state index contributed by atoms with van der Waals surface area (Å²) in [5.41, 5.74) is 1.78. The van der Waals surface area contributed by atoms with Gasteiger partial charge in [-0.15, -0.1) is 6.58 Å². The van der Waals surface area contributed by atoms with E-state index in [0.29, 0.717) is 40.5 Å². The first-order valence-corrected chi connectivity index (χ1v) is 13.5. The van der Waals surface area contributed by atoms with E-state index < -0.39 is 5.60 Å². The van der Waals surface area contributed by atoms with Crippen molar-refractivity contribution in [3.8, 4) is 5.82 Å². The molecule has 0 amide bonds. The minimum absolute atomic E-state index is 0.236. The molecule has 3 heterocycles. The van der Waals surface area contributed by atoms with Gasteiger partial charge in [0.25, 0.3) is 5.56 Å². The number of hydrogen-bond donors (Lipinski definition) is 2. The minimum atomic E-state index is -1.14. The summed E-state index contributed by atoms with van der Waals surface area (Å²) in [6, 6.07) is 14.5. The van der Waals surface area contributed by atoms with Gasteiger partial charge in [-0.1, -0.05) is 24.3 Å². The number of nitrogens with zero attached hydrogens (tertiary/aromatic N) is 6. The molecule has 1 saturated carbocycles. The third-order valence-electron chi connectivity index (χ3n) is 7.62. The van der Waals surface area contributed by atoms with Crippen molar-refractivity contribution in [1.29, 1.82) is 0 Å². The molecule has 0 spiro atoms. The lowest BCUT2D eigenvalue weighted by molar-refractivity contribution is 0.0738. The van der Waals surface area contributed by atoms with Gasteiger partial charge in [0, 0.05) is 17.9 Å². The van der Waals surface area contributed by atoms with Crippen LogP contribution >= 0.6 is 0 Å². The van der Waals surface area contributed by atoms with Crippen molar-refractivity contribution in [2.45, 2.75) is 63.6 Å². The number of benzene rings is 1. The van der Waals surface area contributed by atoms with Crippen LogP contribution in [0.25, 0.3) is 16.9 Å². The van der Waals surface area contributed by atoms with E-state index in [-0.39, 0.29) is 12.1 Å². The molecule has 204 valence electrons. The Morgan fingerprint density at radius 3 is 2.46 bits per heavy atom. The smallest absolute Gasteiger partial charge is 0.278 e. The molecule has 1 aliphatic rings. The van der Waals surface area contributed by atoms with Gasteiger partial charge in [0.2, 0.25) is 5.95 Å². The molecule has 0 unspecified atom stereocenters. The zero-order chi connectivity index (χ0) is 27.7. The number of fused-ring (bicyclic) bond motifs is 1. The highest BCUT2D eigenvalue weighted by molar-refractivity contribution is 5.77. The standard InChI is InChI=1S/C30H37N7O2/c1-6-18-36-28(38)24-19-31-29(34-27(24)37(36)26-9-7-8-25(33-26)30(2,3)39)32-22-14-10-20(11-15-22)21-12-16-23(17-13-21)35(4)5/h6-11,14-15,19,21,23,39H,1,12-13,16-18H2,2-5H3,(H,31,32,34). The van der Waals surface area contributed by atoms with Crippen LogP contribution in [0.15, 0.2) is 66.1 Å². The van der Waals surface area contributed by atoms with Crippen LogP contribution < -0.4 is 10.9 Å². The van der Waals surface area contributed by atoms with Gasteiger partial charge in [0.15, 0.2) is 11.5 Å². The van der Waals surface area contributed by atoms with Gasteiger partial charge in [-0.3, -0.25) is 4.79 Å². The van der Waals surface area contributed by atoms with E-state index in [0.717, 1.165) is 5.69 Å². The number of aliphatic hydroxyl groups is 1. The predicted molar refractivity (Wildman–Crippen MR) is 155 cm³/mol. The second-order valence-electron chi connectivity index (χ2n) is 11.1. The lowest BCUT2D eigenvalue weighted by atomic mass is 9.81. The Balaban J connectivity index is 1.44. The predicted octanol–water partition coefficient (Wildman–Crippen LogP) is 4.72. The zero-order valence-electron chi connectivity index (χ0n) is 23.1. The van der Waals surface area contributed by atoms with Gasteiger partial charge in [-0.05, 0) is 89.4 Å². The highest BCUT2D eigenvalue weighted by Gasteiger charge is 2.24. The lowest BCUT2D eigenvalue weighted by Gasteiger charge is -2.32. The van der Waals surface area contributed by atoms with Crippen LogP contribution in [0.3, 0.4) is 0 Å². The van der Waals surface area contributed by atoms with E-state index >= 15 is 0 Å². The first-order chi connectivity index (χ1) is 18.7. The number of nitrogens with one attached hydrogen (secondary N) is 1. The van der Waals surface area contributed by atoms with Crippen molar-refractivity contribution < 1.29 is 5.11 Å². The molecule has 3 aromatic heterocycles. The maximum absolute atomic E-state index is 13.2. The number of hydrogen-bond acceptors (Lipinski definition) is 7. The number of anilines is 2. The van der Waals surface area contributed by atoms with Crippen molar-refractivity contribution in [1.82, 2.24) is 29.2 Å². The van der Waals surface area contributed by atoms with Crippen LogP contribution in [0.4, 0.5) is 11.6 Å². The Labute approximate surface area is 228 Å². The first kappa shape index (κ1) is 26.8. The fraction of sp³-hybridized carbons (Fsp3) is 0.400. The summed E-state index contributed by atoms with van der Waals surface area (Å²) in [4.78, 5) is 29.3. The molecule has 2 N–H and O–H groups in total. The van der Waals surface area contributed by atoms with Crippen molar-refractivity contribution in [3.63, 3.8) is 0 Å². The molecule has 0 atom stereocenters. The molecule has 4 aromatic rings. The number of rotatable bonds is 8. The Kier molecular flexibility index (Phi) is 7.38. The van der Waals surface area contributed by atoms with Crippen LogP contribution in [0, 0.1) is 0 Å². The highest BCUT2D eigenvalue weighted by atomic mass is 16.3. The molecule has 0 saturated heterocycles. The fourth-order valence-electron chi connectivity index (χ4n) is 5.38. The number of allylic oxidation sites excluding steroid dienone is 1. The zero-order valence-corrected chi connectivity index (χ0v) is 23.1. The third-order valence-corrected chi connectivity index (χ3v) is 7.62. The average molecular weight is 528 g/mol. The van der Waals surface area contributed by atoms with E-state index in [2.05, 4.69) is 65.1 Å². The number of pyridine rings is 1. The van der Waals surface area contributed by atoms with Gasteiger partial charge < -0.3 is 15.3 Å². The average Bonchev–Trinajstić information content (AvgIpc) is 3.19. The Morgan fingerprint density at radius 2 is 1.82 bits per heavy atom. The van der Waals surface area contributed by atoms with Crippen LogP contribution in [0.5, 0.6) is 0 Å². The second kappa shape index (κ2) is 10.7. The normalized spacial score (nSPS) is 18.0. The maximum atomic E-state index is 13.2. The SMILES string of the molecule is C=CCn1c(=O)c2cnc(Nc3ccc(C4CCC(N(C)C)CC4)cc3)nc2n1-c1cccc(C(C)(C)O)n1. The van der Waals surface area contributed by atoms with Crippen molar-refractivity contribution in [3.05, 3.63) is 82.9 Å². The monoisotopic (exact) mass is 527 g/mol. The van der Waals surface area contributed by atoms with Crippen LogP contribution in [0.2, 0.25) is 0 Å². The summed E-state index contributed by atoms with van der Waals surface area (Å²) in [7, 11) is 4.34. The van der Waals surface area contributed by atoms with Crippen molar-refractivity contribution >= 4 is 22.7 Å². The summed E-state index contributed by atoms with van der Waals surface area (Å²) in [5, 5.41) is 14.2. The molecule has 1 aliphatic carbocycles. The van der Waals surface area contributed by atoms with Crippen LogP contribution in [-0.2, 0) is 12.1 Å². The van der Waals surface area contributed by atoms with E-state index in [1.807, 2.05) is 0 Å². The molecule has 5 rings (SSSR count). The van der Waals surface area contributed by atoms with E-state index in [1.165, 1.54) is 35.9 Å². The van der Waals surface area contributed by atoms with Crippen molar-refractivity contribution in [2.24, 2.45) is 0 Å². The largest absolute Gasteiger partial charge is 0.384 e. The quantitative estimate of drug-likeness (QED) is 0.320. The highest BCUT2D eigenvalue weighted by Crippen LogP contribution is 2.34. The first-order valence-electron chi connectivity index (χ1n) is 13.5. The minimum Gasteiger partial charge on any atom is -0.384 e. The van der Waals surface area contributed by atoms with E-state index in [4.69, 9.17) is 4.98 Å². The van der Waals surface area contributed by atoms with Gasteiger partial charge >= 0.3 is 0 Å². The molecular weight excluding hydrogens is 490 g/mol. The summed E-state index contributed by atoms with van der Waals surface area (Å²) in [6.45, 7) is 7.42. The molecule has 0 radical (unpaired) electrons. The third kappa shape index (κ3) is 5.51. The maximum Gasteiger partial charge on any atom is 0.278 e. The molecule has 0 bridgehead atoms. The lowest BCUT2D eigenvalue weighted by Crippen LogP contribution is -2.31. The second-order valence-corrected chi connectivity index (χ2v) is 11.1. The van der Waals surface area contributed by atoms with Gasteiger partial charge in [0.05, 0.1) is 12.2 Å². The fourth-order valence-corrected chi connectivity index (χ4v) is 5.38. The number of aromatic nitrogens is 5.